The number of carboxylic acids is 1. The highest BCUT2D eigenvalue weighted by atomic mass is 16.4. The second kappa shape index (κ2) is 9.63. The molecule has 2 amide bonds. The number of anilines is 2. The van der Waals surface area contributed by atoms with E-state index in [2.05, 4.69) is 31.0 Å². The number of aromatic nitrogens is 2. The summed E-state index contributed by atoms with van der Waals surface area (Å²) >= 11 is 0. The molecule has 1 unspecified atom stereocenters. The first-order chi connectivity index (χ1) is 18.2. The van der Waals surface area contributed by atoms with E-state index < -0.39 is 11.9 Å². The highest BCUT2D eigenvalue weighted by Gasteiger charge is 2.43. The number of amides is 2. The summed E-state index contributed by atoms with van der Waals surface area (Å²) in [6.07, 6.45) is 6.08. The van der Waals surface area contributed by atoms with Gasteiger partial charge in [-0.25, -0.2) is 9.78 Å². The summed E-state index contributed by atoms with van der Waals surface area (Å²) in [6.45, 7) is 5.49. The normalized spacial score (nSPS) is 18.1. The van der Waals surface area contributed by atoms with E-state index in [4.69, 9.17) is 5.11 Å². The number of fused-ring (bicyclic) bond motifs is 1. The van der Waals surface area contributed by atoms with E-state index in [-0.39, 0.29) is 30.2 Å². The van der Waals surface area contributed by atoms with Crippen LogP contribution in [0.25, 0.3) is 6.08 Å². The molecular formula is C29H27N5O4. The van der Waals surface area contributed by atoms with Crippen molar-refractivity contribution < 1.29 is 19.5 Å². The van der Waals surface area contributed by atoms with Crippen molar-refractivity contribution in [1.29, 1.82) is 5.26 Å². The smallest absolute Gasteiger partial charge is 0.328 e. The summed E-state index contributed by atoms with van der Waals surface area (Å²) in [4.78, 5) is 45.0. The maximum Gasteiger partial charge on any atom is 0.328 e. The number of imidazole rings is 1. The van der Waals surface area contributed by atoms with Crippen LogP contribution < -0.4 is 9.80 Å². The minimum absolute atomic E-state index is 0.0763. The van der Waals surface area contributed by atoms with Crippen LogP contribution in [-0.4, -0.2) is 45.5 Å². The zero-order valence-corrected chi connectivity index (χ0v) is 21.2. The molecule has 3 aromatic rings. The molecule has 3 heterocycles. The van der Waals surface area contributed by atoms with Crippen molar-refractivity contribution in [1.82, 2.24) is 9.55 Å². The molecule has 0 bridgehead atoms. The van der Waals surface area contributed by atoms with E-state index in [1.54, 1.807) is 46.5 Å². The van der Waals surface area contributed by atoms with Gasteiger partial charge in [-0.05, 0) is 41.5 Å². The molecule has 1 aromatic heterocycles. The molecule has 0 radical (unpaired) electrons. The van der Waals surface area contributed by atoms with Gasteiger partial charge in [0.25, 0.3) is 0 Å². The third kappa shape index (κ3) is 4.68. The highest BCUT2D eigenvalue weighted by Crippen LogP contribution is 2.42. The Labute approximate surface area is 220 Å². The predicted molar refractivity (Wildman–Crippen MR) is 141 cm³/mol. The van der Waals surface area contributed by atoms with Gasteiger partial charge < -0.3 is 19.5 Å². The Morgan fingerprint density at radius 1 is 1.24 bits per heavy atom. The third-order valence-corrected chi connectivity index (χ3v) is 7.14. The Balaban J connectivity index is 1.36. The Bertz CT molecular complexity index is 1510. The molecule has 2 aliphatic heterocycles. The van der Waals surface area contributed by atoms with E-state index in [1.165, 1.54) is 6.08 Å². The van der Waals surface area contributed by atoms with Crippen molar-refractivity contribution in [2.75, 3.05) is 22.9 Å². The van der Waals surface area contributed by atoms with Gasteiger partial charge >= 0.3 is 5.97 Å². The number of aliphatic carboxylic acids is 1. The lowest BCUT2D eigenvalue weighted by Gasteiger charge is -2.23. The van der Waals surface area contributed by atoms with Crippen LogP contribution in [0.2, 0.25) is 0 Å². The highest BCUT2D eigenvalue weighted by molar-refractivity contribution is 6.05. The van der Waals surface area contributed by atoms with Crippen molar-refractivity contribution in [2.24, 2.45) is 5.92 Å². The van der Waals surface area contributed by atoms with Crippen LogP contribution in [-0.2, 0) is 26.3 Å². The second-order valence-corrected chi connectivity index (χ2v) is 10.3. The maximum absolute atomic E-state index is 13.7. The summed E-state index contributed by atoms with van der Waals surface area (Å²) in [6, 6.07) is 15.0. The van der Waals surface area contributed by atoms with Gasteiger partial charge in [0.15, 0.2) is 0 Å². The molecule has 1 fully saturated rings. The molecule has 9 heteroatoms. The molecule has 0 aliphatic carbocycles. The van der Waals surface area contributed by atoms with E-state index in [1.807, 2.05) is 16.7 Å². The van der Waals surface area contributed by atoms with Gasteiger partial charge in [0.05, 0.1) is 17.6 Å². The standard InChI is InChI=1S/C29H27N5O4/c1-29(2)18-34(28(38)21-14-26(35)33(17-21)22-5-3-4-19(12-22)15-30)24-7-6-20(13-23(24)29)16-32-11-10-31-25(32)8-9-27(36)37/h3-13,21H,14,16-18H2,1-2H3,(H,36,37)/b9-8+. The molecule has 38 heavy (non-hydrogen) atoms. The summed E-state index contributed by atoms with van der Waals surface area (Å²) in [5.41, 5.74) is 3.72. The van der Waals surface area contributed by atoms with Crippen molar-refractivity contribution >= 4 is 35.2 Å². The Hall–Kier alpha value is -4.71. The largest absolute Gasteiger partial charge is 0.478 e. The monoisotopic (exact) mass is 509 g/mol. The molecule has 192 valence electrons. The van der Waals surface area contributed by atoms with E-state index in [9.17, 15) is 19.6 Å². The number of carboxylic acid groups (broad SMARTS) is 1. The number of carbonyl (C=O) groups is 3. The second-order valence-electron chi connectivity index (χ2n) is 10.3. The number of carbonyl (C=O) groups excluding carboxylic acids is 2. The van der Waals surface area contributed by atoms with Gasteiger partial charge in [0, 0.05) is 61.3 Å². The van der Waals surface area contributed by atoms with Crippen LogP contribution >= 0.6 is 0 Å². The summed E-state index contributed by atoms with van der Waals surface area (Å²) in [5.74, 6) is -1.16. The fourth-order valence-electron chi connectivity index (χ4n) is 5.26. The van der Waals surface area contributed by atoms with Crippen LogP contribution in [0.4, 0.5) is 11.4 Å². The number of hydrogen-bond acceptors (Lipinski definition) is 5. The van der Waals surface area contributed by atoms with Gasteiger partial charge in [-0.3, -0.25) is 9.59 Å². The van der Waals surface area contributed by atoms with Crippen molar-refractivity contribution in [3.8, 4) is 6.07 Å². The molecule has 1 saturated heterocycles. The molecule has 2 aromatic carbocycles. The molecule has 0 saturated carbocycles. The SMILES string of the molecule is CC1(C)CN(C(=O)C2CC(=O)N(c3cccc(C#N)c3)C2)c2ccc(Cn3ccnc3/C=C/C(=O)O)cc21. The molecule has 0 spiro atoms. The van der Waals surface area contributed by atoms with Crippen molar-refractivity contribution in [3.05, 3.63) is 83.4 Å². The van der Waals surface area contributed by atoms with Gasteiger partial charge in [0.1, 0.15) is 5.82 Å². The molecule has 5 rings (SSSR count). The third-order valence-electron chi connectivity index (χ3n) is 7.14. The summed E-state index contributed by atoms with van der Waals surface area (Å²) in [5, 5.41) is 18.1. The molecule has 1 N–H and O–H groups in total. The first kappa shape index (κ1) is 25.0. The van der Waals surface area contributed by atoms with Gasteiger partial charge in [-0.1, -0.05) is 32.0 Å². The Morgan fingerprint density at radius 2 is 2.05 bits per heavy atom. The van der Waals surface area contributed by atoms with E-state index >= 15 is 0 Å². The number of nitrogens with zero attached hydrogens (tertiary/aromatic N) is 5. The predicted octanol–water partition coefficient (Wildman–Crippen LogP) is 3.58. The number of hydrogen-bond donors (Lipinski definition) is 1. The lowest BCUT2D eigenvalue weighted by Crippen LogP contribution is -2.39. The van der Waals surface area contributed by atoms with Crippen molar-refractivity contribution in [2.45, 2.75) is 32.2 Å². The maximum atomic E-state index is 13.7. The van der Waals surface area contributed by atoms with Gasteiger partial charge in [-0.2, -0.15) is 5.26 Å². The van der Waals surface area contributed by atoms with Crippen LogP contribution in [0, 0.1) is 17.2 Å². The zero-order valence-electron chi connectivity index (χ0n) is 21.2. The minimum atomic E-state index is -1.04. The van der Waals surface area contributed by atoms with E-state index in [0.717, 1.165) is 22.9 Å². The number of benzene rings is 2. The molecular weight excluding hydrogens is 482 g/mol. The lowest BCUT2D eigenvalue weighted by molar-refractivity contribution is -0.131. The fourth-order valence-corrected chi connectivity index (χ4v) is 5.26. The fraction of sp³-hybridized carbons (Fsp3) is 0.276. The first-order valence-corrected chi connectivity index (χ1v) is 12.3. The number of nitriles is 1. The Morgan fingerprint density at radius 3 is 2.82 bits per heavy atom. The molecule has 2 aliphatic rings. The molecule has 9 nitrogen and oxygen atoms in total. The average molecular weight is 510 g/mol. The summed E-state index contributed by atoms with van der Waals surface area (Å²) in [7, 11) is 0. The van der Waals surface area contributed by atoms with Gasteiger partial charge in [0.2, 0.25) is 11.8 Å². The summed E-state index contributed by atoms with van der Waals surface area (Å²) < 4.78 is 1.87. The Kier molecular flexibility index (Phi) is 6.33. The van der Waals surface area contributed by atoms with Crippen LogP contribution in [0.3, 0.4) is 0 Å². The van der Waals surface area contributed by atoms with Crippen molar-refractivity contribution in [3.63, 3.8) is 0 Å². The van der Waals surface area contributed by atoms with Crippen LogP contribution in [0.1, 0.15) is 42.8 Å². The lowest BCUT2D eigenvalue weighted by atomic mass is 9.86. The topological polar surface area (TPSA) is 120 Å². The number of rotatable bonds is 6. The van der Waals surface area contributed by atoms with Crippen LogP contribution in [0.15, 0.2) is 60.9 Å². The van der Waals surface area contributed by atoms with Gasteiger partial charge in [-0.15, -0.1) is 0 Å². The minimum Gasteiger partial charge on any atom is -0.478 e. The zero-order chi connectivity index (χ0) is 27.0. The van der Waals surface area contributed by atoms with E-state index in [0.29, 0.717) is 30.2 Å². The molecule has 1 atom stereocenters. The first-order valence-electron chi connectivity index (χ1n) is 12.3. The van der Waals surface area contributed by atoms with Crippen LogP contribution in [0.5, 0.6) is 0 Å². The average Bonchev–Trinajstić information content (AvgIpc) is 3.58. The quantitative estimate of drug-likeness (QED) is 0.507.